The number of para-hydroxylation sites is 1. The third-order valence-electron chi connectivity index (χ3n) is 3.74. The average molecular weight is 259 g/mol. The van der Waals surface area contributed by atoms with Gasteiger partial charge in [0, 0.05) is 18.5 Å². The van der Waals surface area contributed by atoms with Crippen molar-refractivity contribution in [1.29, 1.82) is 0 Å². The van der Waals surface area contributed by atoms with Gasteiger partial charge >= 0.3 is 0 Å². The predicted octanol–water partition coefficient (Wildman–Crippen LogP) is 3.28. The second-order valence-corrected chi connectivity index (χ2v) is 5.19. The lowest BCUT2D eigenvalue weighted by Gasteiger charge is -2.15. The van der Waals surface area contributed by atoms with Crippen molar-refractivity contribution in [3.8, 4) is 0 Å². The van der Waals surface area contributed by atoms with E-state index in [1.807, 2.05) is 11.7 Å². The van der Waals surface area contributed by atoms with Gasteiger partial charge in [0.25, 0.3) is 0 Å². The molecule has 3 heteroatoms. The highest BCUT2D eigenvalue weighted by Gasteiger charge is 2.10. The first kappa shape index (κ1) is 14.1. The molecular weight excluding hydrogens is 234 g/mol. The fourth-order valence-corrected chi connectivity index (χ4v) is 2.58. The van der Waals surface area contributed by atoms with E-state index in [0.717, 1.165) is 19.4 Å². The minimum Gasteiger partial charge on any atom is -0.314 e. The van der Waals surface area contributed by atoms with Gasteiger partial charge < -0.3 is 5.32 Å². The van der Waals surface area contributed by atoms with Crippen LogP contribution in [0.15, 0.2) is 24.3 Å². The molecule has 19 heavy (non-hydrogen) atoms. The van der Waals surface area contributed by atoms with Crippen LogP contribution in [0.4, 0.5) is 0 Å². The Bertz CT molecular complexity index is 516. The molecule has 0 radical (unpaired) electrons. The molecule has 0 aliphatic heterocycles. The molecule has 0 amide bonds. The van der Waals surface area contributed by atoms with Gasteiger partial charge in [0.15, 0.2) is 0 Å². The molecule has 2 aromatic rings. The zero-order chi connectivity index (χ0) is 13.7. The van der Waals surface area contributed by atoms with Gasteiger partial charge in [-0.15, -0.1) is 0 Å². The molecule has 0 spiro atoms. The smallest absolute Gasteiger partial charge is 0.0703 e. The van der Waals surface area contributed by atoms with E-state index < -0.39 is 0 Å². The largest absolute Gasteiger partial charge is 0.314 e. The average Bonchev–Trinajstić information content (AvgIpc) is 2.76. The van der Waals surface area contributed by atoms with E-state index in [1.54, 1.807) is 0 Å². The monoisotopic (exact) mass is 259 g/mol. The van der Waals surface area contributed by atoms with Crippen molar-refractivity contribution in [2.45, 2.75) is 45.6 Å². The summed E-state index contributed by atoms with van der Waals surface area (Å²) >= 11 is 0. The second-order valence-electron chi connectivity index (χ2n) is 5.19. The Morgan fingerprint density at radius 2 is 2.05 bits per heavy atom. The summed E-state index contributed by atoms with van der Waals surface area (Å²) in [4.78, 5) is 0. The Morgan fingerprint density at radius 1 is 1.26 bits per heavy atom. The van der Waals surface area contributed by atoms with Gasteiger partial charge in [0.1, 0.15) is 0 Å². The highest BCUT2D eigenvalue weighted by molar-refractivity contribution is 5.81. The first-order valence-corrected chi connectivity index (χ1v) is 7.40. The van der Waals surface area contributed by atoms with Gasteiger partial charge in [0.05, 0.1) is 11.2 Å². The fourth-order valence-electron chi connectivity index (χ4n) is 2.58. The Morgan fingerprint density at radius 3 is 2.79 bits per heavy atom. The standard InChI is InChI=1S/C16H25N3/c1-4-12-17-13(5-2)10-11-15-14-8-6-7-9-16(14)19(3)18-15/h6-9,13,17H,4-5,10-12H2,1-3H3. The van der Waals surface area contributed by atoms with Crippen LogP contribution in [-0.2, 0) is 13.5 Å². The second kappa shape index (κ2) is 6.71. The van der Waals surface area contributed by atoms with E-state index >= 15 is 0 Å². The molecule has 1 atom stereocenters. The van der Waals surface area contributed by atoms with Crippen molar-refractivity contribution in [2.75, 3.05) is 6.54 Å². The topological polar surface area (TPSA) is 29.9 Å². The zero-order valence-electron chi connectivity index (χ0n) is 12.3. The third kappa shape index (κ3) is 3.35. The number of hydrogen-bond acceptors (Lipinski definition) is 2. The Kier molecular flexibility index (Phi) is 4.97. The number of aromatic nitrogens is 2. The maximum Gasteiger partial charge on any atom is 0.0703 e. The molecule has 1 aromatic heterocycles. The van der Waals surface area contributed by atoms with Gasteiger partial charge in [-0.1, -0.05) is 32.0 Å². The van der Waals surface area contributed by atoms with Gasteiger partial charge in [-0.2, -0.15) is 5.10 Å². The first-order chi connectivity index (χ1) is 9.26. The number of rotatable bonds is 7. The molecule has 0 saturated heterocycles. The summed E-state index contributed by atoms with van der Waals surface area (Å²) in [6, 6.07) is 9.10. The number of benzene rings is 1. The molecular formula is C16H25N3. The normalized spacial score (nSPS) is 13.0. The number of nitrogens with zero attached hydrogens (tertiary/aromatic N) is 2. The minimum absolute atomic E-state index is 0.612. The maximum atomic E-state index is 4.67. The van der Waals surface area contributed by atoms with Crippen LogP contribution in [0.2, 0.25) is 0 Å². The quantitative estimate of drug-likeness (QED) is 0.827. The van der Waals surface area contributed by atoms with Crippen LogP contribution in [0.3, 0.4) is 0 Å². The van der Waals surface area contributed by atoms with Crippen LogP contribution in [0, 0.1) is 0 Å². The Hall–Kier alpha value is -1.35. The lowest BCUT2D eigenvalue weighted by molar-refractivity contribution is 0.466. The molecule has 1 heterocycles. The van der Waals surface area contributed by atoms with Gasteiger partial charge in [-0.3, -0.25) is 4.68 Å². The number of fused-ring (bicyclic) bond motifs is 1. The number of aryl methyl sites for hydroxylation is 2. The summed E-state index contributed by atoms with van der Waals surface area (Å²) in [5.74, 6) is 0. The summed E-state index contributed by atoms with van der Waals surface area (Å²) in [7, 11) is 2.03. The SMILES string of the molecule is CCCNC(CC)CCc1nn(C)c2ccccc12. The summed E-state index contributed by atoms with van der Waals surface area (Å²) in [6.07, 6.45) is 4.60. The van der Waals surface area contributed by atoms with Crippen LogP contribution in [0.5, 0.6) is 0 Å². The highest BCUT2D eigenvalue weighted by Crippen LogP contribution is 2.19. The van der Waals surface area contributed by atoms with Crippen molar-refractivity contribution in [3.63, 3.8) is 0 Å². The molecule has 1 unspecified atom stereocenters. The molecule has 3 nitrogen and oxygen atoms in total. The van der Waals surface area contributed by atoms with Crippen LogP contribution in [0.1, 0.15) is 38.8 Å². The Balaban J connectivity index is 2.05. The zero-order valence-corrected chi connectivity index (χ0v) is 12.3. The van der Waals surface area contributed by atoms with Crippen molar-refractivity contribution in [3.05, 3.63) is 30.0 Å². The first-order valence-electron chi connectivity index (χ1n) is 7.40. The van der Waals surface area contributed by atoms with E-state index in [2.05, 4.69) is 48.5 Å². The van der Waals surface area contributed by atoms with Crippen molar-refractivity contribution < 1.29 is 0 Å². The third-order valence-corrected chi connectivity index (χ3v) is 3.74. The van der Waals surface area contributed by atoms with Crippen LogP contribution in [-0.4, -0.2) is 22.4 Å². The summed E-state index contributed by atoms with van der Waals surface area (Å²) in [5.41, 5.74) is 2.46. The highest BCUT2D eigenvalue weighted by atomic mass is 15.3. The summed E-state index contributed by atoms with van der Waals surface area (Å²) in [6.45, 7) is 5.58. The van der Waals surface area contributed by atoms with E-state index in [0.29, 0.717) is 6.04 Å². The fraction of sp³-hybridized carbons (Fsp3) is 0.562. The molecule has 0 aliphatic carbocycles. The Labute approximate surface area is 116 Å². The minimum atomic E-state index is 0.612. The molecule has 0 saturated carbocycles. The molecule has 2 rings (SSSR count). The van der Waals surface area contributed by atoms with Crippen LogP contribution in [0.25, 0.3) is 10.9 Å². The lowest BCUT2D eigenvalue weighted by Crippen LogP contribution is -2.29. The molecule has 0 bridgehead atoms. The molecule has 104 valence electrons. The lowest BCUT2D eigenvalue weighted by atomic mass is 10.0. The summed E-state index contributed by atoms with van der Waals surface area (Å²) in [5, 5.41) is 9.58. The number of nitrogens with one attached hydrogen (secondary N) is 1. The maximum absolute atomic E-state index is 4.67. The molecule has 1 aromatic carbocycles. The van der Waals surface area contributed by atoms with Crippen molar-refractivity contribution in [1.82, 2.24) is 15.1 Å². The van der Waals surface area contributed by atoms with Crippen molar-refractivity contribution in [2.24, 2.45) is 7.05 Å². The van der Waals surface area contributed by atoms with E-state index in [4.69, 9.17) is 0 Å². The van der Waals surface area contributed by atoms with Gasteiger partial charge in [-0.05, 0) is 38.3 Å². The molecule has 1 N–H and O–H groups in total. The van der Waals surface area contributed by atoms with Crippen LogP contribution < -0.4 is 5.32 Å². The van der Waals surface area contributed by atoms with Crippen molar-refractivity contribution >= 4 is 10.9 Å². The van der Waals surface area contributed by atoms with E-state index in [1.165, 1.54) is 29.4 Å². The van der Waals surface area contributed by atoms with E-state index in [-0.39, 0.29) is 0 Å². The molecule has 0 fully saturated rings. The van der Waals surface area contributed by atoms with E-state index in [9.17, 15) is 0 Å². The number of hydrogen-bond donors (Lipinski definition) is 1. The van der Waals surface area contributed by atoms with Crippen LogP contribution >= 0.6 is 0 Å². The molecule has 0 aliphatic rings. The predicted molar refractivity (Wildman–Crippen MR) is 81.4 cm³/mol. The summed E-state index contributed by atoms with van der Waals surface area (Å²) < 4.78 is 1.99. The van der Waals surface area contributed by atoms with Gasteiger partial charge in [0.2, 0.25) is 0 Å². The van der Waals surface area contributed by atoms with Gasteiger partial charge in [-0.25, -0.2) is 0 Å².